The molecule has 0 saturated heterocycles. The molecule has 1 aliphatic carbocycles. The lowest BCUT2D eigenvalue weighted by atomic mass is 9.69. The molecule has 1 amide bonds. The van der Waals surface area contributed by atoms with Crippen molar-refractivity contribution in [2.45, 2.75) is 50.9 Å². The fourth-order valence-electron chi connectivity index (χ4n) is 4.66. The molecule has 0 saturated carbocycles. The monoisotopic (exact) mass is 417 g/mol. The number of methoxy groups -OCH3 is 1. The van der Waals surface area contributed by atoms with Crippen LogP contribution in [-0.4, -0.2) is 56.2 Å². The van der Waals surface area contributed by atoms with E-state index in [0.717, 1.165) is 11.1 Å². The lowest BCUT2D eigenvalue weighted by molar-refractivity contribution is 0.0154. The molecular formula is C22H27NO7. The van der Waals surface area contributed by atoms with Crippen LogP contribution in [0, 0.1) is 0 Å². The fraction of sp³-hybridized carbons (Fsp3) is 0.545. The van der Waals surface area contributed by atoms with E-state index in [2.05, 4.69) is 6.08 Å². The van der Waals surface area contributed by atoms with Gasteiger partial charge in [0.15, 0.2) is 11.5 Å². The highest BCUT2D eigenvalue weighted by atomic mass is 16.7. The summed E-state index contributed by atoms with van der Waals surface area (Å²) in [6.45, 7) is 5.10. The summed E-state index contributed by atoms with van der Waals surface area (Å²) in [5.74, 6) is 1.36. The Labute approximate surface area is 175 Å². The molecule has 8 heteroatoms. The maximum absolute atomic E-state index is 12.4. The number of nitrogens with zero attached hydrogens (tertiary/aromatic N) is 1. The topological polar surface area (TPSA) is 83.5 Å². The van der Waals surface area contributed by atoms with Gasteiger partial charge in [-0.15, -0.1) is 0 Å². The molecule has 3 aliphatic rings. The summed E-state index contributed by atoms with van der Waals surface area (Å²) in [6.07, 6.45) is 3.44. The summed E-state index contributed by atoms with van der Waals surface area (Å²) >= 11 is 0. The van der Waals surface area contributed by atoms with E-state index in [1.807, 2.05) is 18.2 Å². The van der Waals surface area contributed by atoms with Gasteiger partial charge < -0.3 is 28.6 Å². The van der Waals surface area contributed by atoms with Gasteiger partial charge in [0.1, 0.15) is 12.2 Å². The molecule has 1 spiro atoms. The van der Waals surface area contributed by atoms with E-state index in [1.165, 1.54) is 0 Å². The van der Waals surface area contributed by atoms with E-state index in [0.29, 0.717) is 44.0 Å². The summed E-state index contributed by atoms with van der Waals surface area (Å²) in [4.78, 5) is 25.9. The molecule has 0 fully saturated rings. The van der Waals surface area contributed by atoms with Crippen LogP contribution in [0.2, 0.25) is 0 Å². The van der Waals surface area contributed by atoms with Gasteiger partial charge in [-0.05, 0) is 38.0 Å². The van der Waals surface area contributed by atoms with Gasteiger partial charge in [-0.2, -0.15) is 0 Å². The van der Waals surface area contributed by atoms with Crippen molar-refractivity contribution in [2.24, 2.45) is 0 Å². The number of carbonyl (C=O) groups is 2. The Kier molecular flexibility index (Phi) is 5.49. The Morgan fingerprint density at radius 2 is 2.03 bits per heavy atom. The van der Waals surface area contributed by atoms with Gasteiger partial charge in [-0.3, -0.25) is 0 Å². The van der Waals surface area contributed by atoms with E-state index in [1.54, 1.807) is 25.9 Å². The average Bonchev–Trinajstić information content (AvgIpc) is 2.96. The number of rotatable bonds is 4. The number of carbonyl (C=O) groups excluding carboxylic acids is 2. The predicted octanol–water partition coefficient (Wildman–Crippen LogP) is 3.56. The standard InChI is InChI=1S/C22H27NO7/c1-4-27-20(24)23-11-10-22-9-8-15(29-21(25)28-5-2)12-17(22)30-19-16(26-3)7-6-14(13-23)18(19)22/h6-9,15,17H,4-5,10-13H2,1-3H3/t15?,17?,22-/m0/s1. The Morgan fingerprint density at radius 1 is 1.23 bits per heavy atom. The van der Waals surface area contributed by atoms with Crippen LogP contribution in [0.1, 0.15) is 37.8 Å². The minimum absolute atomic E-state index is 0.242. The van der Waals surface area contributed by atoms with Gasteiger partial charge in [0.05, 0.1) is 25.7 Å². The zero-order chi connectivity index (χ0) is 21.3. The molecular weight excluding hydrogens is 390 g/mol. The lowest BCUT2D eigenvalue weighted by Crippen LogP contribution is -2.44. The first-order chi connectivity index (χ1) is 14.5. The molecule has 30 heavy (non-hydrogen) atoms. The Balaban J connectivity index is 1.70. The van der Waals surface area contributed by atoms with Gasteiger partial charge >= 0.3 is 12.2 Å². The van der Waals surface area contributed by atoms with Gasteiger partial charge in [0.25, 0.3) is 0 Å². The SMILES string of the molecule is CCOC(=O)OC1C=C[C@@]23CCN(C(=O)OCC)Cc4ccc(OC)c(c42)OC3C1. The van der Waals surface area contributed by atoms with Crippen LogP contribution in [0.5, 0.6) is 11.5 Å². The van der Waals surface area contributed by atoms with Crippen LogP contribution in [-0.2, 0) is 26.2 Å². The van der Waals surface area contributed by atoms with Gasteiger partial charge in [0.2, 0.25) is 0 Å². The molecule has 2 heterocycles. The maximum atomic E-state index is 12.4. The minimum Gasteiger partial charge on any atom is -0.493 e. The summed E-state index contributed by atoms with van der Waals surface area (Å²) in [5, 5.41) is 0. The molecule has 1 aromatic rings. The first-order valence-corrected chi connectivity index (χ1v) is 10.3. The van der Waals surface area contributed by atoms with Crippen molar-refractivity contribution < 1.29 is 33.3 Å². The van der Waals surface area contributed by atoms with Crippen LogP contribution in [0.3, 0.4) is 0 Å². The zero-order valence-electron chi connectivity index (χ0n) is 17.5. The highest BCUT2D eigenvalue weighted by Crippen LogP contribution is 2.56. The highest BCUT2D eigenvalue weighted by Gasteiger charge is 2.53. The summed E-state index contributed by atoms with van der Waals surface area (Å²) in [5.41, 5.74) is 1.63. The summed E-state index contributed by atoms with van der Waals surface area (Å²) < 4.78 is 27.5. The van der Waals surface area contributed by atoms with E-state index in [-0.39, 0.29) is 18.8 Å². The molecule has 162 valence electrons. The molecule has 0 bridgehead atoms. The molecule has 3 atom stereocenters. The molecule has 4 rings (SSSR count). The third-order valence-corrected chi connectivity index (χ3v) is 5.97. The molecule has 0 radical (unpaired) electrons. The van der Waals surface area contributed by atoms with E-state index >= 15 is 0 Å². The van der Waals surface area contributed by atoms with Gasteiger partial charge in [-0.1, -0.05) is 12.1 Å². The van der Waals surface area contributed by atoms with E-state index < -0.39 is 17.7 Å². The summed E-state index contributed by atoms with van der Waals surface area (Å²) in [7, 11) is 1.61. The Morgan fingerprint density at radius 3 is 2.77 bits per heavy atom. The van der Waals surface area contributed by atoms with Crippen LogP contribution in [0.25, 0.3) is 0 Å². The van der Waals surface area contributed by atoms with Crippen molar-refractivity contribution in [3.8, 4) is 11.5 Å². The fourth-order valence-corrected chi connectivity index (χ4v) is 4.66. The molecule has 2 aliphatic heterocycles. The number of hydrogen-bond donors (Lipinski definition) is 0. The third kappa shape index (κ3) is 3.34. The van der Waals surface area contributed by atoms with Crippen LogP contribution in [0.4, 0.5) is 9.59 Å². The zero-order valence-corrected chi connectivity index (χ0v) is 17.5. The second kappa shape index (κ2) is 8.08. The molecule has 2 unspecified atom stereocenters. The maximum Gasteiger partial charge on any atom is 0.508 e. The Hall–Kier alpha value is -2.90. The van der Waals surface area contributed by atoms with Crippen LogP contribution in [0.15, 0.2) is 24.3 Å². The smallest absolute Gasteiger partial charge is 0.493 e. The van der Waals surface area contributed by atoms with E-state index in [4.69, 9.17) is 23.7 Å². The van der Waals surface area contributed by atoms with Crippen molar-refractivity contribution in [1.29, 1.82) is 0 Å². The van der Waals surface area contributed by atoms with Crippen molar-refractivity contribution in [1.82, 2.24) is 4.90 Å². The molecule has 1 aromatic carbocycles. The van der Waals surface area contributed by atoms with Crippen molar-refractivity contribution in [2.75, 3.05) is 26.9 Å². The van der Waals surface area contributed by atoms with E-state index in [9.17, 15) is 9.59 Å². The molecule has 8 nitrogen and oxygen atoms in total. The van der Waals surface area contributed by atoms with Crippen LogP contribution >= 0.6 is 0 Å². The van der Waals surface area contributed by atoms with Gasteiger partial charge in [0, 0.05) is 25.1 Å². The van der Waals surface area contributed by atoms with Crippen molar-refractivity contribution >= 4 is 12.2 Å². The first-order valence-electron chi connectivity index (χ1n) is 10.3. The quantitative estimate of drug-likeness (QED) is 0.547. The third-order valence-electron chi connectivity index (χ3n) is 5.97. The number of amides is 1. The minimum atomic E-state index is -0.689. The van der Waals surface area contributed by atoms with Crippen molar-refractivity contribution in [3.63, 3.8) is 0 Å². The highest BCUT2D eigenvalue weighted by molar-refractivity contribution is 5.69. The largest absolute Gasteiger partial charge is 0.508 e. The summed E-state index contributed by atoms with van der Waals surface area (Å²) in [6, 6.07) is 3.85. The normalized spacial score (nSPS) is 26.0. The van der Waals surface area contributed by atoms with Gasteiger partial charge in [-0.25, -0.2) is 9.59 Å². The molecule has 0 N–H and O–H groups in total. The predicted molar refractivity (Wildman–Crippen MR) is 107 cm³/mol. The number of benzene rings is 1. The number of ether oxygens (including phenoxy) is 5. The second-order valence-electron chi connectivity index (χ2n) is 7.58. The number of hydrogen-bond acceptors (Lipinski definition) is 7. The van der Waals surface area contributed by atoms with Crippen molar-refractivity contribution in [3.05, 3.63) is 35.4 Å². The second-order valence-corrected chi connectivity index (χ2v) is 7.58. The lowest BCUT2D eigenvalue weighted by Gasteiger charge is -2.36. The first kappa shape index (κ1) is 20.4. The van der Waals surface area contributed by atoms with Crippen LogP contribution < -0.4 is 9.47 Å². The Bertz CT molecular complexity index is 867. The average molecular weight is 417 g/mol. The molecule has 0 aromatic heterocycles.